The van der Waals surface area contributed by atoms with Crippen LogP contribution in [0.5, 0.6) is 0 Å². The van der Waals surface area contributed by atoms with Gasteiger partial charge in [0.1, 0.15) is 0 Å². The Labute approximate surface area is 88.6 Å². The van der Waals surface area contributed by atoms with Gasteiger partial charge < -0.3 is 0 Å². The van der Waals surface area contributed by atoms with Gasteiger partial charge in [0.15, 0.2) is 5.82 Å². The van der Waals surface area contributed by atoms with E-state index in [9.17, 15) is 0 Å². The van der Waals surface area contributed by atoms with Crippen molar-refractivity contribution in [1.29, 1.82) is 0 Å². The van der Waals surface area contributed by atoms with Crippen LogP contribution in [-0.2, 0) is 0 Å². The minimum atomic E-state index is 0.636. The van der Waals surface area contributed by atoms with Crippen LogP contribution in [-0.4, -0.2) is 23.2 Å². The molecule has 0 saturated carbocycles. The molecule has 1 aromatic carbocycles. The zero-order valence-electron chi connectivity index (χ0n) is 8.46. The zero-order valence-corrected chi connectivity index (χ0v) is 8.46. The molecule has 0 aliphatic rings. The first kappa shape index (κ1) is 9.52. The average molecular weight is 197 g/mol. The molecule has 0 radical (unpaired) electrons. The topological polar surface area (TPSA) is 38.1 Å². The average Bonchev–Trinajstić information content (AvgIpc) is 2.32. The first-order valence-electron chi connectivity index (χ1n) is 4.70. The summed E-state index contributed by atoms with van der Waals surface area (Å²) < 4.78 is 0. The van der Waals surface area contributed by atoms with Gasteiger partial charge >= 0.3 is 0 Å². The summed E-state index contributed by atoms with van der Waals surface area (Å²) in [6.07, 6.45) is 5.24. The minimum Gasteiger partial charge on any atom is -0.293 e. The van der Waals surface area contributed by atoms with Gasteiger partial charge in [0, 0.05) is 25.0 Å². The van der Waals surface area contributed by atoms with Crippen LogP contribution >= 0.6 is 0 Å². The molecule has 15 heavy (non-hydrogen) atoms. The van der Waals surface area contributed by atoms with Crippen molar-refractivity contribution in [2.24, 2.45) is 4.99 Å². The molecule has 0 fully saturated rings. The number of hydrogen-bond acceptors (Lipinski definition) is 3. The monoisotopic (exact) mass is 197 g/mol. The third-order valence-corrected chi connectivity index (χ3v) is 2.02. The molecule has 0 saturated heterocycles. The lowest BCUT2D eigenvalue weighted by Crippen LogP contribution is -1.92. The molecule has 3 heteroatoms. The van der Waals surface area contributed by atoms with Gasteiger partial charge in [-0.15, -0.1) is 0 Å². The second-order valence-corrected chi connectivity index (χ2v) is 3.08. The minimum absolute atomic E-state index is 0.636. The van der Waals surface area contributed by atoms with E-state index in [1.807, 2.05) is 30.3 Å². The predicted molar refractivity (Wildman–Crippen MR) is 61.0 cm³/mol. The van der Waals surface area contributed by atoms with E-state index in [1.165, 1.54) is 0 Å². The Balaban J connectivity index is 2.32. The number of nitrogens with zero attached hydrogens (tertiary/aromatic N) is 3. The van der Waals surface area contributed by atoms with Crippen LogP contribution < -0.4 is 0 Å². The molecule has 0 bridgehead atoms. The fourth-order valence-corrected chi connectivity index (χ4v) is 1.30. The van der Waals surface area contributed by atoms with Gasteiger partial charge in [-0.05, 0) is 5.56 Å². The summed E-state index contributed by atoms with van der Waals surface area (Å²) in [5, 5.41) is 0. The predicted octanol–water partition coefficient (Wildman–Crippen LogP) is 2.19. The molecule has 0 N–H and O–H groups in total. The number of aromatic nitrogens is 2. The first-order chi connectivity index (χ1) is 7.40. The Morgan fingerprint density at radius 2 is 1.67 bits per heavy atom. The highest BCUT2D eigenvalue weighted by molar-refractivity contribution is 5.74. The molecular formula is C12H11N3. The van der Waals surface area contributed by atoms with Crippen LogP contribution in [0.4, 0.5) is 0 Å². The Morgan fingerprint density at radius 1 is 1.00 bits per heavy atom. The molecule has 1 aromatic heterocycles. The largest absolute Gasteiger partial charge is 0.293 e. The maximum Gasteiger partial charge on any atom is 0.170 e. The number of rotatable bonds is 2. The number of aliphatic imine (C=N–C) groups is 1. The Bertz CT molecular complexity index is 446. The summed E-state index contributed by atoms with van der Waals surface area (Å²) in [6, 6.07) is 10.1. The Morgan fingerprint density at radius 3 is 2.27 bits per heavy atom. The summed E-state index contributed by atoms with van der Waals surface area (Å²) in [5.74, 6) is 0.636. The van der Waals surface area contributed by atoms with Gasteiger partial charge in [-0.2, -0.15) is 0 Å². The van der Waals surface area contributed by atoms with E-state index in [-0.39, 0.29) is 0 Å². The second kappa shape index (κ2) is 4.46. The third kappa shape index (κ3) is 2.26. The Kier molecular flexibility index (Phi) is 2.83. The van der Waals surface area contributed by atoms with E-state index in [1.54, 1.807) is 25.7 Å². The summed E-state index contributed by atoms with van der Waals surface area (Å²) >= 11 is 0. The van der Waals surface area contributed by atoms with Crippen molar-refractivity contribution in [3.63, 3.8) is 0 Å². The quantitative estimate of drug-likeness (QED) is 0.692. The van der Waals surface area contributed by atoms with Crippen LogP contribution in [0.1, 0.15) is 5.82 Å². The van der Waals surface area contributed by atoms with Crippen LogP contribution in [0.2, 0.25) is 0 Å². The van der Waals surface area contributed by atoms with Crippen molar-refractivity contribution in [1.82, 2.24) is 9.97 Å². The highest BCUT2D eigenvalue weighted by Crippen LogP contribution is 2.15. The lowest BCUT2D eigenvalue weighted by atomic mass is 10.1. The lowest BCUT2D eigenvalue weighted by Gasteiger charge is -1.99. The normalized spacial score (nSPS) is 10.7. The van der Waals surface area contributed by atoms with Gasteiger partial charge in [0.2, 0.25) is 0 Å². The van der Waals surface area contributed by atoms with Crippen molar-refractivity contribution in [3.05, 3.63) is 48.5 Å². The van der Waals surface area contributed by atoms with Gasteiger partial charge in [0.05, 0.1) is 6.21 Å². The molecule has 3 nitrogen and oxygen atoms in total. The van der Waals surface area contributed by atoms with Gasteiger partial charge in [0.25, 0.3) is 0 Å². The van der Waals surface area contributed by atoms with E-state index in [0.29, 0.717) is 5.82 Å². The number of hydrogen-bond donors (Lipinski definition) is 0. The summed E-state index contributed by atoms with van der Waals surface area (Å²) in [5.41, 5.74) is 2.14. The Hall–Kier alpha value is -2.03. The van der Waals surface area contributed by atoms with Crippen molar-refractivity contribution in [3.8, 4) is 11.1 Å². The molecule has 0 unspecified atom stereocenters. The smallest absolute Gasteiger partial charge is 0.170 e. The zero-order chi connectivity index (χ0) is 10.5. The number of benzene rings is 1. The molecule has 0 atom stereocenters. The lowest BCUT2D eigenvalue weighted by molar-refractivity contribution is 1.14. The van der Waals surface area contributed by atoms with Crippen LogP contribution in [0.25, 0.3) is 11.1 Å². The summed E-state index contributed by atoms with van der Waals surface area (Å²) in [7, 11) is 1.70. The fraction of sp³-hybridized carbons (Fsp3) is 0.0833. The van der Waals surface area contributed by atoms with E-state index in [4.69, 9.17) is 0 Å². The van der Waals surface area contributed by atoms with E-state index < -0.39 is 0 Å². The summed E-state index contributed by atoms with van der Waals surface area (Å²) in [4.78, 5) is 12.2. The van der Waals surface area contributed by atoms with E-state index in [2.05, 4.69) is 15.0 Å². The van der Waals surface area contributed by atoms with Gasteiger partial charge in [-0.25, -0.2) is 9.97 Å². The third-order valence-electron chi connectivity index (χ3n) is 2.02. The molecule has 2 rings (SSSR count). The van der Waals surface area contributed by atoms with Crippen molar-refractivity contribution >= 4 is 6.21 Å². The van der Waals surface area contributed by atoms with E-state index in [0.717, 1.165) is 11.1 Å². The molecule has 74 valence electrons. The van der Waals surface area contributed by atoms with E-state index >= 15 is 0 Å². The standard InChI is InChI=1S/C12H11N3/c1-13-9-12-14-7-11(8-15-12)10-5-3-2-4-6-10/h2-9H,1H3. The maximum absolute atomic E-state index is 4.18. The van der Waals surface area contributed by atoms with Crippen molar-refractivity contribution in [2.75, 3.05) is 7.05 Å². The van der Waals surface area contributed by atoms with Crippen LogP contribution in [0.15, 0.2) is 47.7 Å². The van der Waals surface area contributed by atoms with Crippen LogP contribution in [0, 0.1) is 0 Å². The van der Waals surface area contributed by atoms with Crippen molar-refractivity contribution in [2.45, 2.75) is 0 Å². The molecular weight excluding hydrogens is 186 g/mol. The van der Waals surface area contributed by atoms with Crippen molar-refractivity contribution < 1.29 is 0 Å². The first-order valence-corrected chi connectivity index (χ1v) is 4.70. The maximum atomic E-state index is 4.18. The SMILES string of the molecule is CN=Cc1ncc(-c2ccccc2)cn1. The fourth-order valence-electron chi connectivity index (χ4n) is 1.30. The molecule has 2 aromatic rings. The molecule has 0 amide bonds. The molecule has 1 heterocycles. The van der Waals surface area contributed by atoms with Gasteiger partial charge in [-0.1, -0.05) is 30.3 Å². The molecule has 0 aliphatic carbocycles. The highest BCUT2D eigenvalue weighted by Gasteiger charge is 1.97. The molecule has 0 spiro atoms. The summed E-state index contributed by atoms with van der Waals surface area (Å²) in [6.45, 7) is 0. The molecule has 0 aliphatic heterocycles. The van der Waals surface area contributed by atoms with Gasteiger partial charge in [-0.3, -0.25) is 4.99 Å². The highest BCUT2D eigenvalue weighted by atomic mass is 14.9. The second-order valence-electron chi connectivity index (χ2n) is 3.08. The van der Waals surface area contributed by atoms with Crippen LogP contribution in [0.3, 0.4) is 0 Å².